The van der Waals surface area contributed by atoms with E-state index in [1.54, 1.807) is 23.5 Å². The Kier molecular flexibility index (Phi) is 4.10. The van der Waals surface area contributed by atoms with Crippen LogP contribution in [0.1, 0.15) is 12.6 Å². The van der Waals surface area contributed by atoms with Crippen molar-refractivity contribution in [3.63, 3.8) is 0 Å². The van der Waals surface area contributed by atoms with Gasteiger partial charge in [-0.25, -0.2) is 15.0 Å². The summed E-state index contributed by atoms with van der Waals surface area (Å²) in [5, 5.41) is 0. The summed E-state index contributed by atoms with van der Waals surface area (Å²) in [6.45, 7) is 3.81. The van der Waals surface area contributed by atoms with Gasteiger partial charge in [-0.15, -0.1) is 0 Å². The summed E-state index contributed by atoms with van der Waals surface area (Å²) in [7, 11) is 1.82. The number of hydrogen-bond acceptors (Lipinski definition) is 6. The zero-order chi connectivity index (χ0) is 16.4. The van der Waals surface area contributed by atoms with Gasteiger partial charge >= 0.3 is 0 Å². The Bertz CT molecular complexity index is 715. The summed E-state index contributed by atoms with van der Waals surface area (Å²) in [4.78, 5) is 28.8. The Balaban J connectivity index is 2.07. The second kappa shape index (κ2) is 6.20. The van der Waals surface area contributed by atoms with Gasteiger partial charge in [0, 0.05) is 37.5 Å². The number of carbonyl (C=O) groups excluding carboxylic acids is 1. The maximum Gasteiger partial charge on any atom is 0.241 e. The fraction of sp³-hybridized carbons (Fsp3) is 0.375. The van der Waals surface area contributed by atoms with Crippen LogP contribution >= 0.6 is 0 Å². The smallest absolute Gasteiger partial charge is 0.241 e. The third kappa shape index (κ3) is 2.94. The van der Waals surface area contributed by atoms with E-state index in [9.17, 15) is 4.79 Å². The highest BCUT2D eigenvalue weighted by Crippen LogP contribution is 2.32. The molecule has 1 amide bonds. The molecule has 1 fully saturated rings. The summed E-state index contributed by atoms with van der Waals surface area (Å²) in [5.74, 6) is 1.35. The highest BCUT2D eigenvalue weighted by molar-refractivity contribution is 5.85. The molecule has 0 atom stereocenters. The molecule has 2 N–H and O–H groups in total. The zero-order valence-electron chi connectivity index (χ0n) is 13.4. The molecule has 2 aromatic heterocycles. The van der Waals surface area contributed by atoms with Gasteiger partial charge in [-0.2, -0.15) is 0 Å². The number of aryl methyl sites for hydroxylation is 1. The van der Waals surface area contributed by atoms with Crippen LogP contribution < -0.4 is 10.6 Å². The molecule has 0 spiro atoms. The third-order valence-electron chi connectivity index (χ3n) is 4.07. The zero-order valence-corrected chi connectivity index (χ0v) is 13.4. The number of nitrogen functional groups attached to an aromatic ring is 1. The number of amides is 1. The number of piperazine rings is 1. The van der Waals surface area contributed by atoms with Gasteiger partial charge in [0.15, 0.2) is 0 Å². The molecular formula is C16H20N6O. The molecule has 7 heteroatoms. The summed E-state index contributed by atoms with van der Waals surface area (Å²) < 4.78 is 0. The maximum atomic E-state index is 12.0. The fourth-order valence-electron chi connectivity index (χ4n) is 2.71. The quantitative estimate of drug-likeness (QED) is 0.908. The molecule has 1 saturated heterocycles. The van der Waals surface area contributed by atoms with E-state index in [0.717, 1.165) is 35.6 Å². The van der Waals surface area contributed by atoms with Crippen molar-refractivity contribution < 1.29 is 4.79 Å². The minimum atomic E-state index is 0.0919. The number of pyridine rings is 1. The molecule has 7 nitrogen and oxygen atoms in total. The lowest BCUT2D eigenvalue weighted by Gasteiger charge is -2.34. The van der Waals surface area contributed by atoms with Gasteiger partial charge in [0.2, 0.25) is 5.91 Å². The second-order valence-corrected chi connectivity index (χ2v) is 5.58. The first-order valence-electron chi connectivity index (χ1n) is 7.64. The van der Waals surface area contributed by atoms with Gasteiger partial charge in [0.05, 0.1) is 12.2 Å². The van der Waals surface area contributed by atoms with Crippen LogP contribution in [0.2, 0.25) is 0 Å². The fourth-order valence-corrected chi connectivity index (χ4v) is 2.71. The Morgan fingerprint density at radius 2 is 2.04 bits per heavy atom. The lowest BCUT2D eigenvalue weighted by atomic mass is 10.0. The van der Waals surface area contributed by atoms with Crippen LogP contribution in [-0.4, -0.2) is 52.4 Å². The van der Waals surface area contributed by atoms with Crippen molar-refractivity contribution in [1.82, 2.24) is 19.9 Å². The summed E-state index contributed by atoms with van der Waals surface area (Å²) in [6, 6.07) is 3.68. The number of carbonyl (C=O) groups is 1. The predicted molar refractivity (Wildman–Crippen MR) is 88.9 cm³/mol. The van der Waals surface area contributed by atoms with Gasteiger partial charge in [0.25, 0.3) is 0 Å². The predicted octanol–water partition coefficient (Wildman–Crippen LogP) is 0.962. The summed E-state index contributed by atoms with van der Waals surface area (Å²) >= 11 is 0. The number of rotatable bonds is 3. The minimum Gasteiger partial charge on any atom is -0.384 e. The molecule has 0 saturated carbocycles. The second-order valence-electron chi connectivity index (χ2n) is 5.58. The van der Waals surface area contributed by atoms with Crippen LogP contribution in [0.25, 0.3) is 11.1 Å². The molecule has 0 aliphatic carbocycles. The van der Waals surface area contributed by atoms with Gasteiger partial charge < -0.3 is 15.5 Å². The summed E-state index contributed by atoms with van der Waals surface area (Å²) in [5.41, 5.74) is 8.47. The number of nitrogens with zero attached hydrogens (tertiary/aromatic N) is 5. The van der Waals surface area contributed by atoms with Crippen molar-refractivity contribution in [2.24, 2.45) is 0 Å². The van der Waals surface area contributed by atoms with E-state index in [4.69, 9.17) is 5.73 Å². The number of likely N-dealkylation sites (N-methyl/N-ethyl adjacent to an activating group) is 1. The Morgan fingerprint density at radius 1 is 1.22 bits per heavy atom. The molecule has 0 unspecified atom stereocenters. The van der Waals surface area contributed by atoms with Crippen molar-refractivity contribution in [3.8, 4) is 11.1 Å². The normalized spacial score (nSPS) is 15.1. The number of nitrogens with two attached hydrogens (primary N) is 1. The number of hydrogen-bond donors (Lipinski definition) is 1. The largest absolute Gasteiger partial charge is 0.384 e. The first-order chi connectivity index (χ1) is 11.1. The standard InChI is InChI=1S/C16H20N6O/c1-3-12-15(11-4-5-13(17)18-8-11)16(20-10-19-12)22-7-6-21(2)14(23)9-22/h4-5,8,10H,3,6-7,9H2,1-2H3,(H2,17,18). The number of anilines is 2. The first-order valence-corrected chi connectivity index (χ1v) is 7.64. The van der Waals surface area contributed by atoms with E-state index >= 15 is 0 Å². The van der Waals surface area contributed by atoms with Crippen molar-refractivity contribution in [1.29, 1.82) is 0 Å². The minimum absolute atomic E-state index is 0.0919. The molecule has 0 aromatic carbocycles. The lowest BCUT2D eigenvalue weighted by molar-refractivity contribution is -0.129. The highest BCUT2D eigenvalue weighted by atomic mass is 16.2. The first kappa shape index (κ1) is 15.2. The van der Waals surface area contributed by atoms with Crippen LogP contribution in [-0.2, 0) is 11.2 Å². The summed E-state index contributed by atoms with van der Waals surface area (Å²) in [6.07, 6.45) is 4.07. The molecule has 120 valence electrons. The van der Waals surface area contributed by atoms with Crippen LogP contribution in [0.4, 0.5) is 11.6 Å². The molecule has 1 aliphatic rings. The maximum absolute atomic E-state index is 12.0. The monoisotopic (exact) mass is 312 g/mol. The van der Waals surface area contributed by atoms with Gasteiger partial charge in [-0.05, 0) is 18.6 Å². The molecule has 1 aliphatic heterocycles. The third-order valence-corrected chi connectivity index (χ3v) is 4.07. The van der Waals surface area contributed by atoms with E-state index in [1.165, 1.54) is 0 Å². The SMILES string of the molecule is CCc1ncnc(N2CCN(C)C(=O)C2)c1-c1ccc(N)nc1. The van der Waals surface area contributed by atoms with E-state index in [0.29, 0.717) is 18.9 Å². The van der Waals surface area contributed by atoms with E-state index < -0.39 is 0 Å². The number of aromatic nitrogens is 3. The molecule has 3 heterocycles. The average molecular weight is 312 g/mol. The van der Waals surface area contributed by atoms with Crippen molar-refractivity contribution in [2.75, 3.05) is 37.3 Å². The van der Waals surface area contributed by atoms with Crippen LogP contribution in [0.3, 0.4) is 0 Å². The molecule has 2 aromatic rings. The van der Waals surface area contributed by atoms with E-state index in [1.807, 2.05) is 18.0 Å². The van der Waals surface area contributed by atoms with Crippen LogP contribution in [0, 0.1) is 0 Å². The van der Waals surface area contributed by atoms with Gasteiger partial charge in [-0.1, -0.05) is 6.92 Å². The van der Waals surface area contributed by atoms with Gasteiger partial charge in [-0.3, -0.25) is 4.79 Å². The molecule has 0 bridgehead atoms. The van der Waals surface area contributed by atoms with E-state index in [2.05, 4.69) is 21.9 Å². The Labute approximate surface area is 135 Å². The van der Waals surface area contributed by atoms with Gasteiger partial charge in [0.1, 0.15) is 18.0 Å². The highest BCUT2D eigenvalue weighted by Gasteiger charge is 2.25. The van der Waals surface area contributed by atoms with Crippen molar-refractivity contribution >= 4 is 17.5 Å². The Morgan fingerprint density at radius 3 is 2.70 bits per heavy atom. The lowest BCUT2D eigenvalue weighted by Crippen LogP contribution is -2.49. The molecule has 3 rings (SSSR count). The Hall–Kier alpha value is -2.70. The average Bonchev–Trinajstić information content (AvgIpc) is 2.57. The topological polar surface area (TPSA) is 88.2 Å². The molecule has 23 heavy (non-hydrogen) atoms. The molecular weight excluding hydrogens is 292 g/mol. The van der Waals surface area contributed by atoms with Crippen molar-refractivity contribution in [2.45, 2.75) is 13.3 Å². The van der Waals surface area contributed by atoms with E-state index in [-0.39, 0.29) is 5.91 Å². The molecule has 0 radical (unpaired) electrons. The van der Waals surface area contributed by atoms with Crippen molar-refractivity contribution in [3.05, 3.63) is 30.4 Å². The van der Waals surface area contributed by atoms with Crippen LogP contribution in [0.5, 0.6) is 0 Å². The van der Waals surface area contributed by atoms with Crippen LogP contribution in [0.15, 0.2) is 24.7 Å².